The lowest BCUT2D eigenvalue weighted by atomic mass is 9.94. The topological polar surface area (TPSA) is 24.3 Å². The highest BCUT2D eigenvalue weighted by Gasteiger charge is 2.25. The molecular weight excluding hydrogens is 308 g/mol. The number of hydrogen-bond acceptors (Lipinski definition) is 3. The molecule has 25 heavy (non-hydrogen) atoms. The summed E-state index contributed by atoms with van der Waals surface area (Å²) in [5, 5.41) is 4.52. The van der Waals surface area contributed by atoms with E-state index in [0.717, 1.165) is 19.6 Å². The van der Waals surface area contributed by atoms with E-state index in [1.165, 1.54) is 48.2 Å². The van der Waals surface area contributed by atoms with Crippen LogP contribution < -0.4 is 0 Å². The molecule has 4 nitrogen and oxygen atoms in total. The van der Waals surface area contributed by atoms with Gasteiger partial charge in [0.2, 0.25) is 0 Å². The SMILES string of the molecule is CCn1ncc(CN2CCCC[C@H]2c2ccc(CN(C)C)cc2)c1C. The molecule has 0 bridgehead atoms. The van der Waals surface area contributed by atoms with Gasteiger partial charge in [0.1, 0.15) is 0 Å². The Labute approximate surface area is 152 Å². The Hall–Kier alpha value is -1.65. The molecule has 0 amide bonds. The summed E-state index contributed by atoms with van der Waals surface area (Å²) in [5.41, 5.74) is 5.53. The summed E-state index contributed by atoms with van der Waals surface area (Å²) in [5.74, 6) is 0. The average Bonchev–Trinajstić information content (AvgIpc) is 2.96. The normalized spacial score (nSPS) is 18.8. The second kappa shape index (κ2) is 8.15. The van der Waals surface area contributed by atoms with Crippen LogP contribution in [0.4, 0.5) is 0 Å². The molecule has 1 atom stereocenters. The van der Waals surface area contributed by atoms with Crippen molar-refractivity contribution >= 4 is 0 Å². The number of benzene rings is 1. The van der Waals surface area contributed by atoms with E-state index in [0.29, 0.717) is 6.04 Å². The third-order valence-electron chi connectivity index (χ3n) is 5.35. The van der Waals surface area contributed by atoms with Gasteiger partial charge in [0, 0.05) is 36.9 Å². The number of aryl methyl sites for hydroxylation is 1. The molecule has 4 heteroatoms. The molecule has 0 spiro atoms. The molecule has 136 valence electrons. The molecule has 2 aromatic rings. The van der Waals surface area contributed by atoms with E-state index < -0.39 is 0 Å². The first-order valence-electron chi connectivity index (χ1n) is 9.57. The van der Waals surface area contributed by atoms with Crippen molar-refractivity contribution in [2.45, 2.75) is 58.8 Å². The molecule has 3 rings (SSSR count). The summed E-state index contributed by atoms with van der Waals surface area (Å²) in [6.07, 6.45) is 5.95. The first-order chi connectivity index (χ1) is 12.1. The summed E-state index contributed by atoms with van der Waals surface area (Å²) >= 11 is 0. The molecule has 1 saturated heterocycles. The highest BCUT2D eigenvalue weighted by atomic mass is 15.3. The van der Waals surface area contributed by atoms with Crippen LogP contribution >= 0.6 is 0 Å². The van der Waals surface area contributed by atoms with Gasteiger partial charge in [-0.2, -0.15) is 5.10 Å². The first-order valence-corrected chi connectivity index (χ1v) is 9.57. The predicted molar refractivity (Wildman–Crippen MR) is 103 cm³/mol. The van der Waals surface area contributed by atoms with E-state index in [2.05, 4.69) is 78.0 Å². The fraction of sp³-hybridized carbons (Fsp3) is 0.571. The molecule has 2 heterocycles. The summed E-state index contributed by atoms with van der Waals surface area (Å²) < 4.78 is 2.10. The lowest BCUT2D eigenvalue weighted by molar-refractivity contribution is 0.140. The van der Waals surface area contributed by atoms with Crippen LogP contribution in [-0.4, -0.2) is 40.2 Å². The number of hydrogen-bond donors (Lipinski definition) is 0. The van der Waals surface area contributed by atoms with Crippen LogP contribution in [0.25, 0.3) is 0 Å². The number of nitrogens with zero attached hydrogens (tertiary/aromatic N) is 4. The Morgan fingerprint density at radius 1 is 1.16 bits per heavy atom. The number of likely N-dealkylation sites (tertiary alicyclic amines) is 1. The Morgan fingerprint density at radius 3 is 2.56 bits per heavy atom. The molecule has 0 unspecified atom stereocenters. The Bertz CT molecular complexity index is 672. The van der Waals surface area contributed by atoms with Crippen molar-refractivity contribution < 1.29 is 0 Å². The van der Waals surface area contributed by atoms with Gasteiger partial charge in [-0.1, -0.05) is 30.7 Å². The largest absolute Gasteiger partial charge is 0.305 e. The second-order valence-corrected chi connectivity index (χ2v) is 7.53. The molecule has 0 N–H and O–H groups in total. The lowest BCUT2D eigenvalue weighted by Crippen LogP contribution is -2.33. The van der Waals surface area contributed by atoms with Gasteiger partial charge in [-0.15, -0.1) is 0 Å². The van der Waals surface area contributed by atoms with Crippen LogP contribution in [0, 0.1) is 6.92 Å². The molecule has 1 aromatic carbocycles. The van der Waals surface area contributed by atoms with Crippen LogP contribution in [0.5, 0.6) is 0 Å². The monoisotopic (exact) mass is 340 g/mol. The van der Waals surface area contributed by atoms with Crippen molar-refractivity contribution in [3.8, 4) is 0 Å². The third-order valence-corrected chi connectivity index (χ3v) is 5.35. The fourth-order valence-corrected chi connectivity index (χ4v) is 3.95. The van der Waals surface area contributed by atoms with Gasteiger partial charge in [-0.25, -0.2) is 0 Å². The van der Waals surface area contributed by atoms with Crippen molar-refractivity contribution in [1.82, 2.24) is 19.6 Å². The second-order valence-electron chi connectivity index (χ2n) is 7.53. The molecule has 0 aliphatic carbocycles. The van der Waals surface area contributed by atoms with E-state index in [1.54, 1.807) is 0 Å². The minimum atomic E-state index is 0.534. The summed E-state index contributed by atoms with van der Waals surface area (Å²) in [6.45, 7) is 8.49. The van der Waals surface area contributed by atoms with Gasteiger partial charge in [-0.3, -0.25) is 9.58 Å². The minimum Gasteiger partial charge on any atom is -0.305 e. The van der Waals surface area contributed by atoms with Gasteiger partial charge in [0.25, 0.3) is 0 Å². The molecular formula is C21H32N4. The Balaban J connectivity index is 1.75. The van der Waals surface area contributed by atoms with Crippen LogP contribution in [0.3, 0.4) is 0 Å². The molecule has 1 fully saturated rings. The van der Waals surface area contributed by atoms with Crippen molar-refractivity contribution in [2.75, 3.05) is 20.6 Å². The molecule has 1 aliphatic heterocycles. The van der Waals surface area contributed by atoms with Crippen molar-refractivity contribution in [3.05, 3.63) is 52.8 Å². The summed E-state index contributed by atoms with van der Waals surface area (Å²) in [4.78, 5) is 4.87. The summed E-state index contributed by atoms with van der Waals surface area (Å²) in [6, 6.07) is 9.80. The van der Waals surface area contributed by atoms with Crippen LogP contribution in [0.2, 0.25) is 0 Å². The van der Waals surface area contributed by atoms with Gasteiger partial charge in [-0.05, 0) is 58.5 Å². The quantitative estimate of drug-likeness (QED) is 0.794. The summed E-state index contributed by atoms with van der Waals surface area (Å²) in [7, 11) is 4.24. The fourth-order valence-electron chi connectivity index (χ4n) is 3.95. The zero-order valence-corrected chi connectivity index (χ0v) is 16.2. The highest BCUT2D eigenvalue weighted by Crippen LogP contribution is 2.32. The number of aromatic nitrogens is 2. The van der Waals surface area contributed by atoms with E-state index >= 15 is 0 Å². The third kappa shape index (κ3) is 4.31. The van der Waals surface area contributed by atoms with Gasteiger partial charge >= 0.3 is 0 Å². The molecule has 1 aliphatic rings. The van der Waals surface area contributed by atoms with Crippen molar-refractivity contribution in [1.29, 1.82) is 0 Å². The maximum Gasteiger partial charge on any atom is 0.0537 e. The Morgan fingerprint density at radius 2 is 1.92 bits per heavy atom. The lowest BCUT2D eigenvalue weighted by Gasteiger charge is -2.36. The zero-order valence-electron chi connectivity index (χ0n) is 16.2. The van der Waals surface area contributed by atoms with E-state index in [1.807, 2.05) is 0 Å². The highest BCUT2D eigenvalue weighted by molar-refractivity contribution is 5.26. The van der Waals surface area contributed by atoms with Gasteiger partial charge in [0.15, 0.2) is 0 Å². The van der Waals surface area contributed by atoms with Crippen LogP contribution in [-0.2, 0) is 19.6 Å². The number of rotatable bonds is 6. The molecule has 1 aromatic heterocycles. The standard InChI is InChI=1S/C21H32N4/c1-5-25-17(2)20(14-22-25)16-24-13-7-6-8-21(24)19-11-9-18(10-12-19)15-23(3)4/h9-12,14,21H,5-8,13,15-16H2,1-4H3/t21-/m0/s1. The van der Waals surface area contributed by atoms with E-state index in [4.69, 9.17) is 0 Å². The smallest absolute Gasteiger partial charge is 0.0537 e. The van der Waals surface area contributed by atoms with Crippen LogP contribution in [0.1, 0.15) is 54.6 Å². The van der Waals surface area contributed by atoms with Gasteiger partial charge < -0.3 is 4.90 Å². The molecule has 0 saturated carbocycles. The average molecular weight is 341 g/mol. The molecule has 0 radical (unpaired) electrons. The first kappa shape index (κ1) is 18.2. The van der Waals surface area contributed by atoms with Gasteiger partial charge in [0.05, 0.1) is 6.20 Å². The van der Waals surface area contributed by atoms with E-state index in [9.17, 15) is 0 Å². The zero-order chi connectivity index (χ0) is 17.8. The minimum absolute atomic E-state index is 0.534. The maximum atomic E-state index is 4.52. The maximum absolute atomic E-state index is 4.52. The van der Waals surface area contributed by atoms with Crippen molar-refractivity contribution in [2.24, 2.45) is 0 Å². The predicted octanol–water partition coefficient (Wildman–Crippen LogP) is 4.00. The van der Waals surface area contributed by atoms with Crippen molar-refractivity contribution in [3.63, 3.8) is 0 Å². The van der Waals surface area contributed by atoms with Crippen LogP contribution in [0.15, 0.2) is 30.5 Å². The Kier molecular flexibility index (Phi) is 5.92. The van der Waals surface area contributed by atoms with E-state index in [-0.39, 0.29) is 0 Å². The number of piperidine rings is 1.